The largest absolute Gasteiger partial charge is 0.479 e. The molecule has 1 aromatic carbocycles. The summed E-state index contributed by atoms with van der Waals surface area (Å²) < 4.78 is 18.1. The number of halogens is 3. The van der Waals surface area contributed by atoms with Crippen molar-refractivity contribution in [2.45, 2.75) is 0 Å². The zero-order chi connectivity index (χ0) is 10.6. The third-order valence-corrected chi connectivity index (χ3v) is 1.78. The molecule has 82 valence electrons. The molecular weight excluding hydrogens is 242 g/mol. The summed E-state index contributed by atoms with van der Waals surface area (Å²) in [6, 6.07) is 2.44. The Hall–Kier alpha value is -1.15. The Balaban J connectivity index is 0.00000196. The first-order valence-electron chi connectivity index (χ1n) is 3.71. The number of nitrogens with one attached hydrogen (secondary N) is 1. The second kappa shape index (κ2) is 6.36. The highest BCUT2D eigenvalue weighted by atomic mass is 35.5. The zero-order valence-corrected chi connectivity index (χ0v) is 9.16. The van der Waals surface area contributed by atoms with Crippen LogP contribution in [0.4, 0.5) is 10.1 Å². The third-order valence-electron chi connectivity index (χ3n) is 1.49. The highest BCUT2D eigenvalue weighted by molar-refractivity contribution is 6.32. The van der Waals surface area contributed by atoms with Crippen molar-refractivity contribution in [2.24, 2.45) is 5.84 Å². The standard InChI is InChI=1S/C9H8ClFN2O.ClH/c1-2-3-14-9-5-8(13-12)7(11)4-6(9)10;/h1,4-5,13H,3,12H2;1H. The van der Waals surface area contributed by atoms with E-state index < -0.39 is 5.82 Å². The molecule has 6 heteroatoms. The molecule has 0 saturated heterocycles. The summed E-state index contributed by atoms with van der Waals surface area (Å²) in [5.41, 5.74) is 2.27. The second-order valence-electron chi connectivity index (χ2n) is 2.40. The minimum absolute atomic E-state index is 0. The maximum Gasteiger partial charge on any atom is 0.149 e. The fourth-order valence-electron chi connectivity index (χ4n) is 0.870. The van der Waals surface area contributed by atoms with Gasteiger partial charge in [0.2, 0.25) is 0 Å². The van der Waals surface area contributed by atoms with Gasteiger partial charge in [0.15, 0.2) is 0 Å². The van der Waals surface area contributed by atoms with Crippen LogP contribution in [0.3, 0.4) is 0 Å². The fraction of sp³-hybridized carbons (Fsp3) is 0.111. The number of nitrogens with two attached hydrogens (primary N) is 1. The molecule has 0 radical (unpaired) electrons. The van der Waals surface area contributed by atoms with Crippen molar-refractivity contribution >= 4 is 29.7 Å². The van der Waals surface area contributed by atoms with E-state index in [-0.39, 0.29) is 29.7 Å². The van der Waals surface area contributed by atoms with Crippen LogP contribution in [0.1, 0.15) is 0 Å². The first kappa shape index (κ1) is 13.8. The molecule has 0 spiro atoms. The van der Waals surface area contributed by atoms with E-state index in [1.165, 1.54) is 6.07 Å². The van der Waals surface area contributed by atoms with Gasteiger partial charge in [0.05, 0.1) is 10.7 Å². The monoisotopic (exact) mass is 250 g/mol. The summed E-state index contributed by atoms with van der Waals surface area (Å²) in [6.07, 6.45) is 4.99. The van der Waals surface area contributed by atoms with Gasteiger partial charge in [-0.2, -0.15) is 0 Å². The van der Waals surface area contributed by atoms with E-state index in [2.05, 4.69) is 11.3 Å². The van der Waals surface area contributed by atoms with Crippen LogP contribution in [-0.2, 0) is 0 Å². The van der Waals surface area contributed by atoms with Crippen LogP contribution < -0.4 is 16.0 Å². The number of hydrogen-bond acceptors (Lipinski definition) is 3. The Bertz CT molecular complexity index is 379. The molecule has 0 atom stereocenters. The van der Waals surface area contributed by atoms with Crippen molar-refractivity contribution in [1.29, 1.82) is 0 Å². The lowest BCUT2D eigenvalue weighted by molar-refractivity contribution is 0.370. The SMILES string of the molecule is C#CCOc1cc(NN)c(F)cc1Cl.Cl. The van der Waals surface area contributed by atoms with Crippen LogP contribution in [0.25, 0.3) is 0 Å². The van der Waals surface area contributed by atoms with Gasteiger partial charge in [0.25, 0.3) is 0 Å². The van der Waals surface area contributed by atoms with Gasteiger partial charge in [-0.15, -0.1) is 18.8 Å². The van der Waals surface area contributed by atoms with E-state index >= 15 is 0 Å². The van der Waals surface area contributed by atoms with Gasteiger partial charge in [-0.3, -0.25) is 5.84 Å². The molecule has 1 rings (SSSR count). The average Bonchev–Trinajstić information content (AvgIpc) is 2.17. The average molecular weight is 251 g/mol. The summed E-state index contributed by atoms with van der Waals surface area (Å²) in [6.45, 7) is 0.0648. The van der Waals surface area contributed by atoms with Gasteiger partial charge in [0, 0.05) is 6.07 Å². The lowest BCUT2D eigenvalue weighted by Gasteiger charge is -2.08. The number of anilines is 1. The summed E-state index contributed by atoms with van der Waals surface area (Å²) in [5.74, 6) is 7.08. The Kier molecular flexibility index (Phi) is 5.87. The Morgan fingerprint density at radius 1 is 1.60 bits per heavy atom. The number of nitrogen functional groups attached to an aromatic ring is 1. The number of hydrazine groups is 1. The summed E-state index contributed by atoms with van der Waals surface area (Å²) in [4.78, 5) is 0. The van der Waals surface area contributed by atoms with Crippen molar-refractivity contribution in [3.05, 3.63) is 23.0 Å². The van der Waals surface area contributed by atoms with Crippen molar-refractivity contribution in [3.8, 4) is 18.1 Å². The van der Waals surface area contributed by atoms with Crippen molar-refractivity contribution < 1.29 is 9.13 Å². The van der Waals surface area contributed by atoms with E-state index in [4.69, 9.17) is 28.6 Å². The van der Waals surface area contributed by atoms with Crippen LogP contribution in [-0.4, -0.2) is 6.61 Å². The van der Waals surface area contributed by atoms with E-state index in [1.807, 2.05) is 0 Å². The molecule has 0 unspecified atom stereocenters. The first-order chi connectivity index (χ1) is 6.69. The minimum Gasteiger partial charge on any atom is -0.479 e. The molecule has 0 heterocycles. The van der Waals surface area contributed by atoms with Gasteiger partial charge in [-0.1, -0.05) is 17.5 Å². The third kappa shape index (κ3) is 3.48. The quantitative estimate of drug-likeness (QED) is 0.491. The molecule has 0 saturated carbocycles. The number of ether oxygens (including phenoxy) is 1. The van der Waals surface area contributed by atoms with Gasteiger partial charge in [-0.05, 0) is 6.07 Å². The highest BCUT2D eigenvalue weighted by Crippen LogP contribution is 2.29. The second-order valence-corrected chi connectivity index (χ2v) is 2.81. The molecule has 3 nitrogen and oxygen atoms in total. The van der Waals surface area contributed by atoms with Crippen molar-refractivity contribution in [3.63, 3.8) is 0 Å². The van der Waals surface area contributed by atoms with Crippen molar-refractivity contribution in [2.75, 3.05) is 12.0 Å². The Labute approximate surface area is 98.1 Å². The summed E-state index contributed by atoms with van der Waals surface area (Å²) in [7, 11) is 0. The highest BCUT2D eigenvalue weighted by Gasteiger charge is 2.08. The predicted molar refractivity (Wildman–Crippen MR) is 60.8 cm³/mol. The van der Waals surface area contributed by atoms with E-state index in [1.54, 1.807) is 0 Å². The Morgan fingerprint density at radius 3 is 2.80 bits per heavy atom. The maximum absolute atomic E-state index is 13.0. The van der Waals surface area contributed by atoms with Gasteiger partial charge >= 0.3 is 0 Å². The van der Waals surface area contributed by atoms with Crippen LogP contribution in [0.5, 0.6) is 5.75 Å². The molecule has 0 aliphatic rings. The lowest BCUT2D eigenvalue weighted by Crippen LogP contribution is -2.09. The summed E-state index contributed by atoms with van der Waals surface area (Å²) in [5, 5.41) is 0.150. The molecule has 0 bridgehead atoms. The predicted octanol–water partition coefficient (Wildman–Crippen LogP) is 2.20. The molecule has 0 amide bonds. The van der Waals surface area contributed by atoms with E-state index in [0.717, 1.165) is 6.07 Å². The van der Waals surface area contributed by atoms with Gasteiger partial charge in [0.1, 0.15) is 18.2 Å². The number of benzene rings is 1. The molecule has 0 aliphatic carbocycles. The minimum atomic E-state index is -0.550. The van der Waals surface area contributed by atoms with Gasteiger partial charge in [-0.25, -0.2) is 4.39 Å². The molecule has 15 heavy (non-hydrogen) atoms. The van der Waals surface area contributed by atoms with E-state index in [9.17, 15) is 4.39 Å². The normalized spacial score (nSPS) is 8.67. The lowest BCUT2D eigenvalue weighted by atomic mass is 10.3. The fourth-order valence-corrected chi connectivity index (χ4v) is 1.07. The summed E-state index contributed by atoms with van der Waals surface area (Å²) >= 11 is 5.69. The number of rotatable bonds is 3. The van der Waals surface area contributed by atoms with Crippen molar-refractivity contribution in [1.82, 2.24) is 0 Å². The molecule has 0 fully saturated rings. The molecule has 3 N–H and O–H groups in total. The van der Waals surface area contributed by atoms with E-state index in [0.29, 0.717) is 5.75 Å². The first-order valence-corrected chi connectivity index (χ1v) is 4.08. The topological polar surface area (TPSA) is 47.3 Å². The molecule has 1 aromatic rings. The maximum atomic E-state index is 13.0. The smallest absolute Gasteiger partial charge is 0.149 e. The van der Waals surface area contributed by atoms with Crippen LogP contribution in [0.15, 0.2) is 12.1 Å². The van der Waals surface area contributed by atoms with Crippen LogP contribution in [0.2, 0.25) is 5.02 Å². The molecule has 0 aliphatic heterocycles. The Morgan fingerprint density at radius 2 is 2.27 bits per heavy atom. The van der Waals surface area contributed by atoms with Crippen LogP contribution in [0, 0.1) is 18.2 Å². The van der Waals surface area contributed by atoms with Gasteiger partial charge < -0.3 is 10.2 Å². The molecular formula is C9H9Cl2FN2O. The number of terminal acetylenes is 1. The molecule has 0 aromatic heterocycles. The number of hydrogen-bond donors (Lipinski definition) is 2. The van der Waals surface area contributed by atoms with Crippen LogP contribution >= 0.6 is 24.0 Å². The zero-order valence-electron chi connectivity index (χ0n) is 7.59.